The number of hydrogen-bond donors (Lipinski definition) is 1. The van der Waals surface area contributed by atoms with Crippen molar-refractivity contribution in [2.24, 2.45) is 0 Å². The summed E-state index contributed by atoms with van der Waals surface area (Å²) in [5.74, 6) is 0.744. The van der Waals surface area contributed by atoms with Gasteiger partial charge in [-0.15, -0.1) is 0 Å². The number of nitriles is 1. The second-order valence-corrected chi connectivity index (χ2v) is 4.76. The van der Waals surface area contributed by atoms with Crippen molar-refractivity contribution in [3.8, 4) is 6.07 Å². The highest BCUT2D eigenvalue weighted by Crippen LogP contribution is 2.15. The summed E-state index contributed by atoms with van der Waals surface area (Å²) < 4.78 is 0. The van der Waals surface area contributed by atoms with Gasteiger partial charge in [0.25, 0.3) is 5.91 Å². The molecule has 2 aromatic heterocycles. The first-order valence-corrected chi connectivity index (χ1v) is 6.67. The molecular formula is C14H14N6O. The Morgan fingerprint density at radius 2 is 2.05 bits per heavy atom. The highest BCUT2D eigenvalue weighted by atomic mass is 16.2. The summed E-state index contributed by atoms with van der Waals surface area (Å²) in [6.07, 6.45) is 3.21. The Hall–Kier alpha value is -2.88. The summed E-state index contributed by atoms with van der Waals surface area (Å²) in [6.45, 7) is 2.64. The minimum absolute atomic E-state index is 0.0362. The number of pyridine rings is 1. The molecule has 3 heterocycles. The molecule has 0 atom stereocenters. The van der Waals surface area contributed by atoms with Crippen molar-refractivity contribution in [2.45, 2.75) is 0 Å². The van der Waals surface area contributed by atoms with Gasteiger partial charge in [0.2, 0.25) is 0 Å². The quantitative estimate of drug-likeness (QED) is 0.873. The van der Waals surface area contributed by atoms with Gasteiger partial charge in [0.15, 0.2) is 0 Å². The van der Waals surface area contributed by atoms with Gasteiger partial charge in [0.05, 0.1) is 11.6 Å². The smallest absolute Gasteiger partial charge is 0.271 e. The molecule has 3 rings (SSSR count). The first kappa shape index (κ1) is 13.1. The number of anilines is 1. The number of nitrogens with zero attached hydrogens (tertiary/aromatic N) is 5. The number of amides is 1. The largest absolute Gasteiger partial charge is 0.353 e. The van der Waals surface area contributed by atoms with Crippen LogP contribution >= 0.6 is 0 Å². The van der Waals surface area contributed by atoms with E-state index in [1.807, 2.05) is 0 Å². The molecule has 2 aromatic rings. The molecule has 1 N–H and O–H groups in total. The van der Waals surface area contributed by atoms with E-state index in [0.29, 0.717) is 37.4 Å². The highest BCUT2D eigenvalue weighted by molar-refractivity contribution is 5.92. The Morgan fingerprint density at radius 3 is 2.71 bits per heavy atom. The highest BCUT2D eigenvalue weighted by Gasteiger charge is 2.23. The fourth-order valence-electron chi connectivity index (χ4n) is 2.34. The third-order valence-corrected chi connectivity index (χ3v) is 3.50. The van der Waals surface area contributed by atoms with Crippen LogP contribution in [-0.2, 0) is 0 Å². The predicted molar refractivity (Wildman–Crippen MR) is 75.7 cm³/mol. The monoisotopic (exact) mass is 282 g/mol. The van der Waals surface area contributed by atoms with Crippen molar-refractivity contribution in [3.63, 3.8) is 0 Å². The number of aromatic amines is 1. The fraction of sp³-hybridized carbons (Fsp3) is 0.286. The second kappa shape index (κ2) is 5.63. The van der Waals surface area contributed by atoms with Gasteiger partial charge in [0.1, 0.15) is 11.5 Å². The minimum atomic E-state index is -0.0362. The van der Waals surface area contributed by atoms with Crippen LogP contribution in [0.3, 0.4) is 0 Å². The average molecular weight is 282 g/mol. The maximum absolute atomic E-state index is 12.2. The number of H-pyrrole nitrogens is 1. The number of carbonyl (C=O) groups excluding carboxylic acids is 1. The molecule has 0 bridgehead atoms. The Morgan fingerprint density at radius 1 is 1.24 bits per heavy atom. The van der Waals surface area contributed by atoms with Crippen molar-refractivity contribution in [2.75, 3.05) is 31.1 Å². The van der Waals surface area contributed by atoms with E-state index in [1.165, 1.54) is 0 Å². The molecule has 1 fully saturated rings. The van der Waals surface area contributed by atoms with Crippen molar-refractivity contribution < 1.29 is 4.79 Å². The standard InChI is InChI=1S/C14H14N6O/c15-10-11-1-3-16-13(9-11)19-5-7-20(8-6-19)14(21)12-2-4-17-18-12/h1-4,9H,5-8H2,(H,17,18). The maximum atomic E-state index is 12.2. The van der Waals surface area contributed by atoms with Crippen LogP contribution < -0.4 is 4.90 Å². The number of hydrogen-bond acceptors (Lipinski definition) is 5. The van der Waals surface area contributed by atoms with Crippen LogP contribution in [0.2, 0.25) is 0 Å². The van der Waals surface area contributed by atoms with Gasteiger partial charge < -0.3 is 9.80 Å². The molecule has 1 saturated heterocycles. The molecule has 1 amide bonds. The average Bonchev–Trinajstić information content (AvgIpc) is 3.09. The van der Waals surface area contributed by atoms with Gasteiger partial charge in [-0.1, -0.05) is 0 Å². The maximum Gasteiger partial charge on any atom is 0.271 e. The minimum Gasteiger partial charge on any atom is -0.353 e. The molecule has 7 heteroatoms. The zero-order chi connectivity index (χ0) is 14.7. The van der Waals surface area contributed by atoms with Crippen LogP contribution in [0.5, 0.6) is 0 Å². The zero-order valence-electron chi connectivity index (χ0n) is 11.4. The molecule has 0 radical (unpaired) electrons. The molecule has 0 saturated carbocycles. The van der Waals surface area contributed by atoms with Crippen LogP contribution in [0, 0.1) is 11.3 Å². The lowest BCUT2D eigenvalue weighted by atomic mass is 10.2. The van der Waals surface area contributed by atoms with Crippen molar-refractivity contribution >= 4 is 11.7 Å². The van der Waals surface area contributed by atoms with E-state index < -0.39 is 0 Å². The molecule has 0 unspecified atom stereocenters. The Kier molecular flexibility index (Phi) is 3.51. The number of carbonyl (C=O) groups is 1. The third-order valence-electron chi connectivity index (χ3n) is 3.50. The van der Waals surface area contributed by atoms with E-state index in [1.54, 1.807) is 35.5 Å². The molecule has 1 aliphatic heterocycles. The van der Waals surface area contributed by atoms with Gasteiger partial charge in [-0.3, -0.25) is 9.89 Å². The van der Waals surface area contributed by atoms with Crippen molar-refractivity contribution in [1.82, 2.24) is 20.1 Å². The first-order chi connectivity index (χ1) is 10.3. The van der Waals surface area contributed by atoms with E-state index in [2.05, 4.69) is 26.2 Å². The van der Waals surface area contributed by atoms with Crippen LogP contribution in [-0.4, -0.2) is 52.2 Å². The molecule has 0 spiro atoms. The summed E-state index contributed by atoms with van der Waals surface area (Å²) in [5.41, 5.74) is 1.10. The normalized spacial score (nSPS) is 14.8. The fourth-order valence-corrected chi connectivity index (χ4v) is 2.34. The topological polar surface area (TPSA) is 88.9 Å². The summed E-state index contributed by atoms with van der Waals surface area (Å²) in [7, 11) is 0. The molecule has 0 aromatic carbocycles. The number of aromatic nitrogens is 3. The van der Waals surface area contributed by atoms with Crippen LogP contribution in [0.15, 0.2) is 30.6 Å². The lowest BCUT2D eigenvalue weighted by molar-refractivity contribution is 0.0740. The molecule has 0 aliphatic carbocycles. The first-order valence-electron chi connectivity index (χ1n) is 6.67. The predicted octanol–water partition coefficient (Wildman–Crippen LogP) is 0.639. The van der Waals surface area contributed by atoms with Crippen LogP contribution in [0.1, 0.15) is 16.1 Å². The van der Waals surface area contributed by atoms with Gasteiger partial charge >= 0.3 is 0 Å². The summed E-state index contributed by atoms with van der Waals surface area (Å²) in [5, 5.41) is 15.4. The SMILES string of the molecule is N#Cc1ccnc(N2CCN(C(=O)c3ccn[nH]3)CC2)c1. The van der Waals surface area contributed by atoms with E-state index in [4.69, 9.17) is 5.26 Å². The summed E-state index contributed by atoms with van der Waals surface area (Å²) in [6, 6.07) is 7.24. The van der Waals surface area contributed by atoms with Crippen LogP contribution in [0.25, 0.3) is 0 Å². The van der Waals surface area contributed by atoms with Gasteiger partial charge in [-0.25, -0.2) is 4.98 Å². The third kappa shape index (κ3) is 2.69. The van der Waals surface area contributed by atoms with Crippen molar-refractivity contribution in [3.05, 3.63) is 41.9 Å². The number of piperazine rings is 1. The number of rotatable bonds is 2. The Labute approximate surface area is 121 Å². The molecule has 21 heavy (non-hydrogen) atoms. The number of nitrogens with one attached hydrogen (secondary N) is 1. The molecule has 7 nitrogen and oxygen atoms in total. The summed E-state index contributed by atoms with van der Waals surface area (Å²) >= 11 is 0. The molecule has 106 valence electrons. The Balaban J connectivity index is 1.65. The van der Waals surface area contributed by atoms with E-state index in [9.17, 15) is 4.79 Å². The van der Waals surface area contributed by atoms with Crippen molar-refractivity contribution in [1.29, 1.82) is 5.26 Å². The zero-order valence-corrected chi connectivity index (χ0v) is 11.4. The van der Waals surface area contributed by atoms with Crippen LogP contribution in [0.4, 0.5) is 5.82 Å². The Bertz CT molecular complexity index is 667. The van der Waals surface area contributed by atoms with Gasteiger partial charge in [0, 0.05) is 38.6 Å². The van der Waals surface area contributed by atoms with Gasteiger partial charge in [-0.05, 0) is 18.2 Å². The van der Waals surface area contributed by atoms with E-state index >= 15 is 0 Å². The van der Waals surface area contributed by atoms with E-state index in [-0.39, 0.29) is 5.91 Å². The van der Waals surface area contributed by atoms with E-state index in [0.717, 1.165) is 5.82 Å². The molecular weight excluding hydrogens is 268 g/mol. The second-order valence-electron chi connectivity index (χ2n) is 4.76. The molecule has 1 aliphatic rings. The lowest BCUT2D eigenvalue weighted by Gasteiger charge is -2.35. The summed E-state index contributed by atoms with van der Waals surface area (Å²) in [4.78, 5) is 20.3. The lowest BCUT2D eigenvalue weighted by Crippen LogP contribution is -2.49. The van der Waals surface area contributed by atoms with Gasteiger partial charge in [-0.2, -0.15) is 10.4 Å².